The van der Waals surface area contributed by atoms with Gasteiger partial charge in [-0.15, -0.1) is 0 Å². The minimum absolute atomic E-state index is 0.547. The zero-order valence-corrected chi connectivity index (χ0v) is 9.94. The third-order valence-electron chi connectivity index (χ3n) is 2.01. The Labute approximate surface area is 103 Å². The molecule has 0 radical (unpaired) electrons. The van der Waals surface area contributed by atoms with Crippen LogP contribution in [0.2, 0.25) is 0 Å². The third kappa shape index (κ3) is 3.20. The van der Waals surface area contributed by atoms with E-state index in [9.17, 15) is 0 Å². The lowest BCUT2D eigenvalue weighted by molar-refractivity contribution is 0.391. The Morgan fingerprint density at radius 1 is 1.29 bits per heavy atom. The highest BCUT2D eigenvalue weighted by atomic mass is 32.2. The zero-order valence-electron chi connectivity index (χ0n) is 9.12. The van der Waals surface area contributed by atoms with Gasteiger partial charge < -0.3 is 4.52 Å². The van der Waals surface area contributed by atoms with Crippen LogP contribution >= 0.6 is 11.8 Å². The predicted molar refractivity (Wildman–Crippen MR) is 65.9 cm³/mol. The van der Waals surface area contributed by atoms with Gasteiger partial charge in [0.15, 0.2) is 5.82 Å². The second-order valence-electron chi connectivity index (χ2n) is 3.27. The van der Waals surface area contributed by atoms with Gasteiger partial charge in [0.25, 0.3) is 0 Å². The fraction of sp³-hybridized carbons (Fsp3) is 0.0833. The molecule has 0 aliphatic heterocycles. The molecule has 2 rings (SSSR count). The minimum Gasteiger partial charge on any atom is -0.339 e. The summed E-state index contributed by atoms with van der Waals surface area (Å²) in [7, 11) is 0. The lowest BCUT2D eigenvalue weighted by Crippen LogP contribution is -1.76. The topological polar surface area (TPSA) is 62.7 Å². The number of hydrogen-bond acceptors (Lipinski definition) is 5. The van der Waals surface area contributed by atoms with E-state index in [1.165, 1.54) is 0 Å². The smallest absolute Gasteiger partial charge is 0.223 e. The number of thioether (sulfide) groups is 1. The second-order valence-corrected chi connectivity index (χ2v) is 4.13. The van der Waals surface area contributed by atoms with Crippen LogP contribution in [-0.2, 0) is 0 Å². The molecule has 0 bridgehead atoms. The fourth-order valence-corrected chi connectivity index (χ4v) is 1.63. The summed E-state index contributed by atoms with van der Waals surface area (Å²) in [5, 5.41) is 14.3. The van der Waals surface area contributed by atoms with Crippen LogP contribution in [0.5, 0.6) is 0 Å². The molecule has 5 heteroatoms. The highest BCUT2D eigenvalue weighted by Crippen LogP contribution is 2.17. The van der Waals surface area contributed by atoms with Crippen molar-refractivity contribution in [2.24, 2.45) is 0 Å². The molecule has 84 valence electrons. The van der Waals surface area contributed by atoms with Crippen LogP contribution in [0.15, 0.2) is 33.7 Å². The van der Waals surface area contributed by atoms with E-state index in [2.05, 4.69) is 10.1 Å². The standard InChI is InChI=1S/C12H9N3OS/c1-9-14-12(15-16-9)7-4-10-2-5-11(6-3-10)17-8-13/h2-7H,1H3/b7-4+. The average Bonchev–Trinajstić information content (AvgIpc) is 2.75. The molecule has 17 heavy (non-hydrogen) atoms. The molecule has 0 aliphatic carbocycles. The zero-order chi connectivity index (χ0) is 12.1. The van der Waals surface area contributed by atoms with E-state index >= 15 is 0 Å². The monoisotopic (exact) mass is 243 g/mol. The van der Waals surface area contributed by atoms with E-state index < -0.39 is 0 Å². The van der Waals surface area contributed by atoms with Gasteiger partial charge in [-0.05, 0) is 35.5 Å². The molecular weight excluding hydrogens is 234 g/mol. The quantitative estimate of drug-likeness (QED) is 0.612. The number of nitriles is 1. The number of benzene rings is 1. The predicted octanol–water partition coefficient (Wildman–Crippen LogP) is 3.12. The molecule has 1 aromatic heterocycles. The van der Waals surface area contributed by atoms with Crippen molar-refractivity contribution < 1.29 is 4.52 Å². The van der Waals surface area contributed by atoms with Crippen molar-refractivity contribution in [3.63, 3.8) is 0 Å². The Bertz CT molecular complexity index is 566. The molecule has 1 heterocycles. The van der Waals surface area contributed by atoms with Crippen molar-refractivity contribution in [1.29, 1.82) is 5.26 Å². The largest absolute Gasteiger partial charge is 0.339 e. The SMILES string of the molecule is Cc1nc(/C=C/c2ccc(SC#N)cc2)no1. The van der Waals surface area contributed by atoms with E-state index in [1.807, 2.05) is 35.7 Å². The van der Waals surface area contributed by atoms with Crippen molar-refractivity contribution in [3.05, 3.63) is 41.5 Å². The number of hydrogen-bond donors (Lipinski definition) is 0. The molecule has 0 atom stereocenters. The number of aryl methyl sites for hydroxylation is 1. The van der Waals surface area contributed by atoms with E-state index in [0.717, 1.165) is 22.2 Å². The first kappa shape index (κ1) is 11.4. The van der Waals surface area contributed by atoms with Gasteiger partial charge in [0.2, 0.25) is 5.89 Å². The maximum atomic E-state index is 8.52. The van der Waals surface area contributed by atoms with Gasteiger partial charge in [-0.1, -0.05) is 23.4 Å². The normalized spacial score (nSPS) is 10.6. The van der Waals surface area contributed by atoms with Crippen LogP contribution < -0.4 is 0 Å². The molecule has 1 aromatic carbocycles. The van der Waals surface area contributed by atoms with Gasteiger partial charge in [0.05, 0.1) is 0 Å². The van der Waals surface area contributed by atoms with Crippen LogP contribution in [0, 0.1) is 17.6 Å². The van der Waals surface area contributed by atoms with Gasteiger partial charge in [-0.2, -0.15) is 10.2 Å². The van der Waals surface area contributed by atoms with Crippen molar-refractivity contribution in [1.82, 2.24) is 10.1 Å². The van der Waals surface area contributed by atoms with Gasteiger partial charge >= 0.3 is 0 Å². The van der Waals surface area contributed by atoms with E-state index in [1.54, 1.807) is 13.0 Å². The molecular formula is C12H9N3OS. The molecule has 0 unspecified atom stereocenters. The van der Waals surface area contributed by atoms with E-state index in [0.29, 0.717) is 11.7 Å². The molecule has 0 spiro atoms. The Morgan fingerprint density at radius 2 is 2.06 bits per heavy atom. The van der Waals surface area contributed by atoms with Crippen molar-refractivity contribution in [2.45, 2.75) is 11.8 Å². The van der Waals surface area contributed by atoms with Gasteiger partial charge in [0.1, 0.15) is 5.40 Å². The molecule has 0 saturated heterocycles. The maximum absolute atomic E-state index is 8.52. The summed E-state index contributed by atoms with van der Waals surface area (Å²) < 4.78 is 4.85. The molecule has 4 nitrogen and oxygen atoms in total. The fourth-order valence-electron chi connectivity index (χ4n) is 1.25. The first-order valence-corrected chi connectivity index (χ1v) is 5.74. The number of aromatic nitrogens is 2. The average molecular weight is 243 g/mol. The van der Waals surface area contributed by atoms with E-state index in [4.69, 9.17) is 9.78 Å². The summed E-state index contributed by atoms with van der Waals surface area (Å²) in [6.45, 7) is 1.75. The Balaban J connectivity index is 2.09. The highest BCUT2D eigenvalue weighted by molar-refractivity contribution is 8.03. The van der Waals surface area contributed by atoms with Crippen LogP contribution in [0.1, 0.15) is 17.3 Å². The van der Waals surface area contributed by atoms with Gasteiger partial charge in [-0.25, -0.2) is 0 Å². The number of rotatable bonds is 3. The third-order valence-corrected chi connectivity index (χ3v) is 2.61. The molecule has 0 N–H and O–H groups in total. The van der Waals surface area contributed by atoms with Gasteiger partial charge in [0, 0.05) is 11.8 Å². The highest BCUT2D eigenvalue weighted by Gasteiger charge is 1.96. The lowest BCUT2D eigenvalue weighted by Gasteiger charge is -1.94. The summed E-state index contributed by atoms with van der Waals surface area (Å²) in [5.41, 5.74) is 1.02. The van der Waals surface area contributed by atoms with Gasteiger partial charge in [-0.3, -0.25) is 0 Å². The van der Waals surface area contributed by atoms with Crippen LogP contribution in [-0.4, -0.2) is 10.1 Å². The molecule has 0 amide bonds. The summed E-state index contributed by atoms with van der Waals surface area (Å²) in [6, 6.07) is 7.66. The molecule has 2 aromatic rings. The summed E-state index contributed by atoms with van der Waals surface area (Å²) in [5.74, 6) is 1.10. The number of thiocyanates is 1. The van der Waals surface area contributed by atoms with Crippen LogP contribution in [0.25, 0.3) is 12.2 Å². The van der Waals surface area contributed by atoms with Crippen molar-refractivity contribution in [3.8, 4) is 5.40 Å². The van der Waals surface area contributed by atoms with Crippen LogP contribution in [0.4, 0.5) is 0 Å². The Kier molecular flexibility index (Phi) is 3.58. The summed E-state index contributed by atoms with van der Waals surface area (Å²) in [4.78, 5) is 4.99. The van der Waals surface area contributed by atoms with Crippen molar-refractivity contribution >= 4 is 23.9 Å². The molecule has 0 aliphatic rings. The second kappa shape index (κ2) is 5.32. The molecule has 0 saturated carbocycles. The molecule has 0 fully saturated rings. The minimum atomic E-state index is 0.547. The maximum Gasteiger partial charge on any atom is 0.223 e. The first-order chi connectivity index (χ1) is 8.28. The first-order valence-electron chi connectivity index (χ1n) is 4.92. The Hall–Kier alpha value is -2.06. The van der Waals surface area contributed by atoms with E-state index in [-0.39, 0.29) is 0 Å². The number of nitrogens with zero attached hydrogens (tertiary/aromatic N) is 3. The van der Waals surface area contributed by atoms with Crippen LogP contribution in [0.3, 0.4) is 0 Å². The van der Waals surface area contributed by atoms with Crippen molar-refractivity contribution in [2.75, 3.05) is 0 Å². The lowest BCUT2D eigenvalue weighted by atomic mass is 10.2. The summed E-state index contributed by atoms with van der Waals surface area (Å²) >= 11 is 1.14. The Morgan fingerprint density at radius 3 is 2.65 bits per heavy atom. The summed E-state index contributed by atoms with van der Waals surface area (Å²) in [6.07, 6.45) is 3.67.